The Balaban J connectivity index is 2.11. The Morgan fingerprint density at radius 1 is 1.16 bits per heavy atom. The van der Waals surface area contributed by atoms with Gasteiger partial charge in [0.05, 0.1) is 4.90 Å². The van der Waals surface area contributed by atoms with Crippen LogP contribution in [0.3, 0.4) is 0 Å². The van der Waals surface area contributed by atoms with E-state index in [-0.39, 0.29) is 17.1 Å². The van der Waals surface area contributed by atoms with Gasteiger partial charge < -0.3 is 0 Å². The lowest BCUT2D eigenvalue weighted by Crippen LogP contribution is -2.23. The molecule has 0 bridgehead atoms. The van der Waals surface area contributed by atoms with E-state index in [1.54, 1.807) is 12.1 Å². The summed E-state index contributed by atoms with van der Waals surface area (Å²) in [6, 6.07) is 6.52. The maximum Gasteiger partial charge on any atom is 0.276 e. The number of hydrogen-bond acceptors (Lipinski definition) is 4. The third-order valence-corrected chi connectivity index (χ3v) is 4.20. The van der Waals surface area contributed by atoms with E-state index >= 15 is 0 Å². The lowest BCUT2D eigenvalue weighted by atomic mass is 9.97. The standard InChI is InChI=1S/C13H16N2O3S/c1-10-5-7-13(8-6-10)19(17,18)15-14-11-3-2-4-12(16)9-11/h5-8,15H,2-4,9H2,1H3. The maximum absolute atomic E-state index is 12.0. The Labute approximate surface area is 112 Å². The molecule has 6 heteroatoms. The van der Waals surface area contributed by atoms with Crippen LogP contribution in [0.4, 0.5) is 0 Å². The summed E-state index contributed by atoms with van der Waals surface area (Å²) in [5.41, 5.74) is 1.59. The normalized spacial score (nSPS) is 18.6. The van der Waals surface area contributed by atoms with Gasteiger partial charge in [-0.2, -0.15) is 13.5 Å². The summed E-state index contributed by atoms with van der Waals surface area (Å²) >= 11 is 0. The minimum Gasteiger partial charge on any atom is -0.299 e. The fraction of sp³-hybridized carbons (Fsp3) is 0.385. The number of nitrogens with one attached hydrogen (secondary N) is 1. The van der Waals surface area contributed by atoms with Crippen LogP contribution in [0.5, 0.6) is 0 Å². The summed E-state index contributed by atoms with van der Waals surface area (Å²) < 4.78 is 23.9. The molecule has 1 aliphatic rings. The molecule has 1 fully saturated rings. The van der Waals surface area contributed by atoms with Crippen molar-refractivity contribution in [1.82, 2.24) is 4.83 Å². The van der Waals surface area contributed by atoms with Gasteiger partial charge in [-0.25, -0.2) is 4.83 Å². The number of rotatable bonds is 3. The molecule has 1 aliphatic carbocycles. The number of hydrogen-bond donors (Lipinski definition) is 1. The summed E-state index contributed by atoms with van der Waals surface area (Å²) in [7, 11) is -3.64. The Bertz CT molecular complexity index is 603. The quantitative estimate of drug-likeness (QED) is 0.857. The summed E-state index contributed by atoms with van der Waals surface area (Å²) in [5.74, 6) is 0.111. The number of benzene rings is 1. The van der Waals surface area contributed by atoms with E-state index in [2.05, 4.69) is 9.93 Å². The lowest BCUT2D eigenvalue weighted by Gasteiger charge is -2.12. The van der Waals surface area contributed by atoms with Crippen molar-refractivity contribution < 1.29 is 13.2 Å². The molecule has 19 heavy (non-hydrogen) atoms. The fourth-order valence-corrected chi connectivity index (χ4v) is 2.73. The van der Waals surface area contributed by atoms with E-state index in [9.17, 15) is 13.2 Å². The highest BCUT2D eigenvalue weighted by atomic mass is 32.2. The zero-order valence-electron chi connectivity index (χ0n) is 10.7. The molecule has 1 aromatic rings. The van der Waals surface area contributed by atoms with Gasteiger partial charge in [-0.3, -0.25) is 4.79 Å². The smallest absolute Gasteiger partial charge is 0.276 e. The molecule has 0 radical (unpaired) electrons. The first-order valence-corrected chi connectivity index (χ1v) is 7.61. The van der Waals surface area contributed by atoms with Crippen molar-refractivity contribution in [2.75, 3.05) is 0 Å². The second-order valence-electron chi connectivity index (χ2n) is 4.65. The van der Waals surface area contributed by atoms with E-state index in [1.807, 2.05) is 6.92 Å². The molecule has 5 nitrogen and oxygen atoms in total. The number of aryl methyl sites for hydroxylation is 1. The number of hydrazone groups is 1. The van der Waals surface area contributed by atoms with Gasteiger partial charge in [0.15, 0.2) is 0 Å². The second kappa shape index (κ2) is 5.52. The molecule has 0 spiro atoms. The predicted molar refractivity (Wildman–Crippen MR) is 72.4 cm³/mol. The number of ketones is 1. The number of sulfonamides is 1. The molecule has 0 saturated heterocycles. The van der Waals surface area contributed by atoms with E-state index in [4.69, 9.17) is 0 Å². The molecular formula is C13H16N2O3S. The topological polar surface area (TPSA) is 75.6 Å². The van der Waals surface area contributed by atoms with Crippen LogP contribution in [0.1, 0.15) is 31.2 Å². The molecule has 0 aromatic heterocycles. The van der Waals surface area contributed by atoms with E-state index in [1.165, 1.54) is 12.1 Å². The summed E-state index contributed by atoms with van der Waals surface area (Å²) in [6.45, 7) is 1.89. The van der Waals surface area contributed by atoms with Crippen LogP contribution in [-0.2, 0) is 14.8 Å². The summed E-state index contributed by atoms with van der Waals surface area (Å²) in [5, 5.41) is 3.86. The fourth-order valence-electron chi connectivity index (χ4n) is 1.88. The highest BCUT2D eigenvalue weighted by Gasteiger charge is 2.17. The monoisotopic (exact) mass is 280 g/mol. The number of nitrogens with zero attached hydrogens (tertiary/aromatic N) is 1. The third-order valence-electron chi connectivity index (χ3n) is 2.98. The van der Waals surface area contributed by atoms with E-state index in [0.717, 1.165) is 12.0 Å². The predicted octanol–water partition coefficient (Wildman–Crippen LogP) is 1.77. The van der Waals surface area contributed by atoms with Gasteiger partial charge >= 0.3 is 0 Å². The zero-order chi connectivity index (χ0) is 13.9. The van der Waals surface area contributed by atoms with Gasteiger partial charge in [0.2, 0.25) is 0 Å². The molecule has 2 rings (SSSR count). The van der Waals surface area contributed by atoms with Gasteiger partial charge in [-0.05, 0) is 31.9 Å². The van der Waals surface area contributed by atoms with Crippen LogP contribution in [0.25, 0.3) is 0 Å². The lowest BCUT2D eigenvalue weighted by molar-refractivity contribution is -0.118. The van der Waals surface area contributed by atoms with Crippen molar-refractivity contribution in [3.63, 3.8) is 0 Å². The molecule has 0 unspecified atom stereocenters. The number of carbonyl (C=O) groups excluding carboxylic acids is 1. The maximum atomic E-state index is 12.0. The van der Waals surface area contributed by atoms with Crippen LogP contribution in [-0.4, -0.2) is 19.9 Å². The van der Waals surface area contributed by atoms with E-state index in [0.29, 0.717) is 18.6 Å². The third kappa shape index (κ3) is 3.64. The Kier molecular flexibility index (Phi) is 3.99. The van der Waals surface area contributed by atoms with E-state index < -0.39 is 10.0 Å². The molecule has 1 saturated carbocycles. The number of Topliss-reactive ketones (excluding diaryl/α,β-unsaturated/α-hetero) is 1. The van der Waals surface area contributed by atoms with Gasteiger partial charge in [-0.1, -0.05) is 17.7 Å². The SMILES string of the molecule is Cc1ccc(S(=O)(=O)NN=C2CCCC(=O)C2)cc1. The molecule has 102 valence electrons. The minimum absolute atomic E-state index is 0.111. The van der Waals surface area contributed by atoms with Crippen LogP contribution < -0.4 is 4.83 Å². The van der Waals surface area contributed by atoms with Crippen molar-refractivity contribution in [2.24, 2.45) is 5.10 Å². The van der Waals surface area contributed by atoms with Crippen LogP contribution in [0.15, 0.2) is 34.3 Å². The highest BCUT2D eigenvalue weighted by molar-refractivity contribution is 7.89. The molecule has 0 aliphatic heterocycles. The first kappa shape index (κ1) is 13.7. The highest BCUT2D eigenvalue weighted by Crippen LogP contribution is 2.13. The molecule has 1 aromatic carbocycles. The zero-order valence-corrected chi connectivity index (χ0v) is 11.5. The summed E-state index contributed by atoms with van der Waals surface area (Å²) in [4.78, 5) is 13.6. The van der Waals surface area contributed by atoms with Crippen molar-refractivity contribution in [1.29, 1.82) is 0 Å². The molecule has 0 atom stereocenters. The minimum atomic E-state index is -3.64. The van der Waals surface area contributed by atoms with Gasteiger partial charge in [-0.15, -0.1) is 0 Å². The summed E-state index contributed by atoms with van der Waals surface area (Å²) in [6.07, 6.45) is 2.21. The number of carbonyl (C=O) groups is 1. The van der Waals surface area contributed by atoms with Crippen molar-refractivity contribution >= 4 is 21.5 Å². The van der Waals surface area contributed by atoms with Crippen LogP contribution in [0, 0.1) is 6.92 Å². The Hall–Kier alpha value is -1.69. The van der Waals surface area contributed by atoms with Gasteiger partial charge in [0.1, 0.15) is 5.78 Å². The van der Waals surface area contributed by atoms with Crippen LogP contribution >= 0.6 is 0 Å². The van der Waals surface area contributed by atoms with Gasteiger partial charge in [0, 0.05) is 18.6 Å². The van der Waals surface area contributed by atoms with Crippen molar-refractivity contribution in [3.05, 3.63) is 29.8 Å². The second-order valence-corrected chi connectivity index (χ2v) is 6.32. The first-order chi connectivity index (χ1) is 8.97. The average Bonchev–Trinajstić information content (AvgIpc) is 2.37. The first-order valence-electron chi connectivity index (χ1n) is 6.13. The van der Waals surface area contributed by atoms with Crippen LogP contribution in [0.2, 0.25) is 0 Å². The molecule has 0 amide bonds. The Morgan fingerprint density at radius 3 is 2.47 bits per heavy atom. The van der Waals surface area contributed by atoms with Crippen molar-refractivity contribution in [2.45, 2.75) is 37.5 Å². The Morgan fingerprint density at radius 2 is 1.84 bits per heavy atom. The molecular weight excluding hydrogens is 264 g/mol. The molecule has 0 heterocycles. The van der Waals surface area contributed by atoms with Gasteiger partial charge in [0.25, 0.3) is 10.0 Å². The average molecular weight is 280 g/mol. The molecule has 1 N–H and O–H groups in total. The largest absolute Gasteiger partial charge is 0.299 e. The van der Waals surface area contributed by atoms with Crippen molar-refractivity contribution in [3.8, 4) is 0 Å².